The first kappa shape index (κ1) is 11.4. The smallest absolute Gasteiger partial charge is 0.128 e. The van der Waals surface area contributed by atoms with Gasteiger partial charge in [-0.15, -0.1) is 0 Å². The van der Waals surface area contributed by atoms with Gasteiger partial charge in [-0.25, -0.2) is 4.98 Å². The van der Waals surface area contributed by atoms with Crippen LogP contribution in [0.4, 0.5) is 5.82 Å². The predicted octanol–water partition coefficient (Wildman–Crippen LogP) is 1.19. The van der Waals surface area contributed by atoms with Gasteiger partial charge in [0.05, 0.1) is 12.7 Å². The van der Waals surface area contributed by atoms with Crippen molar-refractivity contribution in [3.8, 4) is 0 Å². The lowest BCUT2D eigenvalue weighted by molar-refractivity contribution is 0.0891. The molecule has 0 radical (unpaired) electrons. The minimum absolute atomic E-state index is 0.0496. The van der Waals surface area contributed by atoms with Gasteiger partial charge in [-0.2, -0.15) is 0 Å². The highest BCUT2D eigenvalue weighted by Crippen LogP contribution is 2.19. The Hall–Kier alpha value is -1.13. The summed E-state index contributed by atoms with van der Waals surface area (Å²) in [5, 5.41) is 8.95. The van der Waals surface area contributed by atoms with Gasteiger partial charge in [0, 0.05) is 26.4 Å². The van der Waals surface area contributed by atoms with Gasteiger partial charge >= 0.3 is 0 Å². The quantitative estimate of drug-likeness (QED) is 0.834. The second kappa shape index (κ2) is 5.27. The molecule has 1 fully saturated rings. The topological polar surface area (TPSA) is 45.6 Å². The number of methoxy groups -OCH3 is 1. The Kier molecular flexibility index (Phi) is 3.74. The van der Waals surface area contributed by atoms with Crippen LogP contribution >= 0.6 is 0 Å². The zero-order chi connectivity index (χ0) is 11.4. The number of aromatic nitrogens is 1. The number of piperidine rings is 1. The molecule has 16 heavy (non-hydrogen) atoms. The number of rotatable bonds is 3. The molecule has 0 spiro atoms. The number of pyridine rings is 1. The molecule has 4 heteroatoms. The van der Waals surface area contributed by atoms with E-state index in [1.54, 1.807) is 13.3 Å². The molecule has 4 nitrogen and oxygen atoms in total. The number of anilines is 1. The second-order valence-corrected chi connectivity index (χ2v) is 4.13. The summed E-state index contributed by atoms with van der Waals surface area (Å²) in [6, 6.07) is 3.88. The van der Waals surface area contributed by atoms with Crippen molar-refractivity contribution >= 4 is 5.82 Å². The molecule has 1 saturated heterocycles. The highest BCUT2D eigenvalue weighted by molar-refractivity contribution is 5.39. The lowest BCUT2D eigenvalue weighted by Crippen LogP contribution is -2.39. The maximum atomic E-state index is 8.95. The third kappa shape index (κ3) is 2.51. The van der Waals surface area contributed by atoms with E-state index < -0.39 is 0 Å². The number of hydrogen-bond acceptors (Lipinski definition) is 4. The van der Waals surface area contributed by atoms with Crippen molar-refractivity contribution in [3.05, 3.63) is 23.9 Å². The molecular formula is C12H18N2O2. The lowest BCUT2D eigenvalue weighted by atomic mass is 10.1. The van der Waals surface area contributed by atoms with E-state index in [1.165, 1.54) is 0 Å². The summed E-state index contributed by atoms with van der Waals surface area (Å²) in [4.78, 5) is 6.59. The second-order valence-electron chi connectivity index (χ2n) is 4.13. The van der Waals surface area contributed by atoms with Gasteiger partial charge in [0.15, 0.2) is 0 Å². The van der Waals surface area contributed by atoms with Crippen molar-refractivity contribution < 1.29 is 9.84 Å². The van der Waals surface area contributed by atoms with Gasteiger partial charge in [-0.1, -0.05) is 6.07 Å². The molecular weight excluding hydrogens is 204 g/mol. The van der Waals surface area contributed by atoms with Gasteiger partial charge in [0.2, 0.25) is 0 Å². The van der Waals surface area contributed by atoms with E-state index in [9.17, 15) is 0 Å². The van der Waals surface area contributed by atoms with Crippen molar-refractivity contribution in [2.75, 3.05) is 25.1 Å². The van der Waals surface area contributed by atoms with Gasteiger partial charge in [-0.05, 0) is 24.5 Å². The van der Waals surface area contributed by atoms with Gasteiger partial charge in [0.25, 0.3) is 0 Å². The van der Waals surface area contributed by atoms with E-state index in [1.807, 2.05) is 12.1 Å². The van der Waals surface area contributed by atoms with Crippen molar-refractivity contribution in [2.45, 2.75) is 25.6 Å². The van der Waals surface area contributed by atoms with Crippen LogP contribution in [0.25, 0.3) is 0 Å². The Morgan fingerprint density at radius 2 is 2.44 bits per heavy atom. The summed E-state index contributed by atoms with van der Waals surface area (Å²) >= 11 is 0. The SMILES string of the molecule is COC1CCCN(c2ccc(CO)cn2)C1. The van der Waals surface area contributed by atoms with Crippen molar-refractivity contribution in [1.82, 2.24) is 4.98 Å². The van der Waals surface area contributed by atoms with Gasteiger partial charge in [-0.3, -0.25) is 0 Å². The third-order valence-electron chi connectivity index (χ3n) is 3.03. The molecule has 0 bridgehead atoms. The first-order chi connectivity index (χ1) is 7.83. The molecule has 2 heterocycles. The molecule has 0 saturated carbocycles. The first-order valence-corrected chi connectivity index (χ1v) is 5.67. The van der Waals surface area contributed by atoms with Crippen LogP contribution in [0.2, 0.25) is 0 Å². The summed E-state index contributed by atoms with van der Waals surface area (Å²) in [5.41, 5.74) is 0.851. The maximum Gasteiger partial charge on any atom is 0.128 e. The maximum absolute atomic E-state index is 8.95. The number of hydrogen-bond donors (Lipinski definition) is 1. The summed E-state index contributed by atoms with van der Waals surface area (Å²) in [6.07, 6.45) is 4.31. The van der Waals surface area contributed by atoms with Crippen LogP contribution in [-0.2, 0) is 11.3 Å². The first-order valence-electron chi connectivity index (χ1n) is 5.67. The molecule has 1 aliphatic rings. The number of nitrogens with zero attached hydrogens (tertiary/aromatic N) is 2. The molecule has 2 rings (SSSR count). The van der Waals surface area contributed by atoms with Crippen LogP contribution in [0.3, 0.4) is 0 Å². The van der Waals surface area contributed by atoms with Crippen LogP contribution in [-0.4, -0.2) is 36.4 Å². The number of aliphatic hydroxyl groups excluding tert-OH is 1. The van der Waals surface area contributed by atoms with Gasteiger partial charge < -0.3 is 14.7 Å². The fraction of sp³-hybridized carbons (Fsp3) is 0.583. The average Bonchev–Trinajstić information content (AvgIpc) is 2.39. The molecule has 1 N–H and O–H groups in total. The molecule has 1 aromatic rings. The Balaban J connectivity index is 2.05. The van der Waals surface area contributed by atoms with Gasteiger partial charge in [0.1, 0.15) is 5.82 Å². The molecule has 1 atom stereocenters. The molecule has 1 aliphatic heterocycles. The van der Waals surface area contributed by atoms with E-state index in [0.717, 1.165) is 37.3 Å². The molecule has 1 aromatic heterocycles. The van der Waals surface area contributed by atoms with Crippen molar-refractivity contribution in [2.24, 2.45) is 0 Å². The van der Waals surface area contributed by atoms with Crippen LogP contribution in [0.15, 0.2) is 18.3 Å². The van der Waals surface area contributed by atoms with Crippen molar-refractivity contribution in [3.63, 3.8) is 0 Å². The molecule has 88 valence electrons. The van der Waals surface area contributed by atoms with Crippen LogP contribution in [0, 0.1) is 0 Å². The normalized spacial score (nSPS) is 21.1. The standard InChI is InChI=1S/C12H18N2O2/c1-16-11-3-2-6-14(8-11)12-5-4-10(9-15)7-13-12/h4-5,7,11,15H,2-3,6,8-9H2,1H3. The highest BCUT2D eigenvalue weighted by atomic mass is 16.5. The summed E-state index contributed by atoms with van der Waals surface area (Å²) in [7, 11) is 1.76. The Morgan fingerprint density at radius 1 is 1.56 bits per heavy atom. The largest absolute Gasteiger partial charge is 0.392 e. The van der Waals surface area contributed by atoms with Crippen molar-refractivity contribution in [1.29, 1.82) is 0 Å². The zero-order valence-electron chi connectivity index (χ0n) is 9.59. The monoisotopic (exact) mass is 222 g/mol. The van der Waals surface area contributed by atoms with E-state index in [0.29, 0.717) is 6.10 Å². The minimum atomic E-state index is 0.0496. The predicted molar refractivity (Wildman–Crippen MR) is 62.4 cm³/mol. The number of aliphatic hydroxyl groups is 1. The fourth-order valence-corrected chi connectivity index (χ4v) is 2.04. The fourth-order valence-electron chi connectivity index (χ4n) is 2.04. The van der Waals surface area contributed by atoms with E-state index in [-0.39, 0.29) is 6.61 Å². The third-order valence-corrected chi connectivity index (χ3v) is 3.03. The zero-order valence-corrected chi connectivity index (χ0v) is 9.59. The minimum Gasteiger partial charge on any atom is -0.392 e. The molecule has 0 amide bonds. The van der Waals surface area contributed by atoms with Crippen LogP contribution in [0.5, 0.6) is 0 Å². The Morgan fingerprint density at radius 3 is 3.06 bits per heavy atom. The lowest BCUT2D eigenvalue weighted by Gasteiger charge is -2.32. The molecule has 0 aromatic carbocycles. The van der Waals surface area contributed by atoms with E-state index in [4.69, 9.17) is 9.84 Å². The number of ether oxygens (including phenoxy) is 1. The van der Waals surface area contributed by atoms with E-state index in [2.05, 4.69) is 9.88 Å². The van der Waals surface area contributed by atoms with Crippen LogP contribution in [0.1, 0.15) is 18.4 Å². The van der Waals surface area contributed by atoms with E-state index >= 15 is 0 Å². The Labute approximate surface area is 95.9 Å². The summed E-state index contributed by atoms with van der Waals surface area (Å²) in [6.45, 7) is 1.99. The Bertz CT molecular complexity index is 326. The summed E-state index contributed by atoms with van der Waals surface area (Å²) < 4.78 is 5.38. The highest BCUT2D eigenvalue weighted by Gasteiger charge is 2.20. The molecule has 1 unspecified atom stereocenters. The van der Waals surface area contributed by atoms with Crippen LogP contribution < -0.4 is 4.90 Å². The molecule has 0 aliphatic carbocycles. The average molecular weight is 222 g/mol. The summed E-state index contributed by atoms with van der Waals surface area (Å²) in [5.74, 6) is 0.971.